The van der Waals surface area contributed by atoms with Crippen LogP contribution in [0.3, 0.4) is 0 Å². The molecule has 0 aliphatic rings. The Morgan fingerprint density at radius 1 is 1.35 bits per heavy atom. The van der Waals surface area contributed by atoms with Gasteiger partial charge >= 0.3 is 6.03 Å². The molecule has 0 radical (unpaired) electrons. The minimum Gasteiger partial charge on any atom is -0.327 e. The van der Waals surface area contributed by atoms with E-state index in [2.05, 4.69) is 16.6 Å². The molecule has 3 N–H and O–H groups in total. The first-order valence-corrected chi connectivity index (χ1v) is 5.93. The van der Waals surface area contributed by atoms with E-state index in [0.717, 1.165) is 0 Å². The summed E-state index contributed by atoms with van der Waals surface area (Å²) in [5, 5.41) is 4.81. The average Bonchev–Trinajstić information content (AvgIpc) is 2.26. The van der Waals surface area contributed by atoms with E-state index in [4.69, 9.17) is 11.0 Å². The molecular formula is C10H10N2O4S. The second-order valence-corrected chi connectivity index (χ2v) is 4.43. The van der Waals surface area contributed by atoms with Gasteiger partial charge in [0.25, 0.3) is 10.1 Å². The van der Waals surface area contributed by atoms with Crippen LogP contribution in [0, 0.1) is 12.3 Å². The van der Waals surface area contributed by atoms with Gasteiger partial charge in [-0.15, -0.1) is 6.42 Å². The van der Waals surface area contributed by atoms with Crippen LogP contribution in [0.2, 0.25) is 0 Å². The average molecular weight is 254 g/mol. The summed E-state index contributed by atoms with van der Waals surface area (Å²) < 4.78 is 30.2. The molecule has 0 saturated carbocycles. The van der Waals surface area contributed by atoms with Gasteiger partial charge in [-0.05, 0) is 24.3 Å². The molecule has 1 rings (SSSR count). The Labute approximate surface area is 98.8 Å². The number of nitrogens with one attached hydrogen (secondary N) is 2. The van der Waals surface area contributed by atoms with Gasteiger partial charge in [0.1, 0.15) is 0 Å². The molecule has 6 nitrogen and oxygen atoms in total. The Morgan fingerprint density at radius 2 is 1.94 bits per heavy atom. The number of carbonyl (C=O) groups excluding carboxylic acids is 1. The van der Waals surface area contributed by atoms with Gasteiger partial charge in [-0.25, -0.2) is 4.79 Å². The highest BCUT2D eigenvalue weighted by molar-refractivity contribution is 7.85. The molecule has 0 bridgehead atoms. The van der Waals surface area contributed by atoms with Crippen molar-refractivity contribution in [2.24, 2.45) is 0 Å². The number of benzene rings is 1. The van der Waals surface area contributed by atoms with Crippen molar-refractivity contribution in [2.75, 3.05) is 11.9 Å². The first-order valence-electron chi connectivity index (χ1n) is 4.49. The lowest BCUT2D eigenvalue weighted by atomic mass is 10.3. The number of amides is 2. The third kappa shape index (κ3) is 4.14. The first kappa shape index (κ1) is 13.0. The molecule has 0 aromatic heterocycles. The summed E-state index contributed by atoms with van der Waals surface area (Å²) in [5.74, 6) is 2.23. The number of rotatable bonds is 3. The molecule has 7 heteroatoms. The number of hydrogen-bond acceptors (Lipinski definition) is 3. The summed E-state index contributed by atoms with van der Waals surface area (Å²) in [5.41, 5.74) is 0.381. The molecule has 0 aliphatic heterocycles. The van der Waals surface area contributed by atoms with Crippen molar-refractivity contribution in [1.29, 1.82) is 0 Å². The van der Waals surface area contributed by atoms with Gasteiger partial charge in [-0.1, -0.05) is 5.92 Å². The highest BCUT2D eigenvalue weighted by atomic mass is 32.2. The van der Waals surface area contributed by atoms with Gasteiger partial charge in [-0.3, -0.25) is 4.55 Å². The molecule has 0 spiro atoms. The summed E-state index contributed by atoms with van der Waals surface area (Å²) in [7, 11) is -4.22. The molecule has 0 saturated heterocycles. The number of carbonyl (C=O) groups is 1. The molecular weight excluding hydrogens is 244 g/mol. The highest BCUT2D eigenvalue weighted by Gasteiger charge is 2.08. The van der Waals surface area contributed by atoms with Crippen LogP contribution in [0.5, 0.6) is 0 Å². The molecule has 90 valence electrons. The lowest BCUT2D eigenvalue weighted by Gasteiger charge is -2.05. The van der Waals surface area contributed by atoms with Crippen LogP contribution in [0.25, 0.3) is 0 Å². The Bertz CT molecular complexity index is 543. The van der Waals surface area contributed by atoms with Crippen molar-refractivity contribution in [3.05, 3.63) is 24.3 Å². The number of anilines is 1. The molecule has 1 aromatic rings. The number of terminal acetylenes is 1. The largest absolute Gasteiger partial charge is 0.327 e. The van der Waals surface area contributed by atoms with E-state index < -0.39 is 16.1 Å². The number of hydrogen-bond donors (Lipinski definition) is 3. The lowest BCUT2D eigenvalue weighted by molar-refractivity contribution is 0.253. The van der Waals surface area contributed by atoms with Crippen molar-refractivity contribution in [1.82, 2.24) is 5.32 Å². The zero-order valence-corrected chi connectivity index (χ0v) is 9.49. The normalized spacial score (nSPS) is 10.4. The van der Waals surface area contributed by atoms with Crippen molar-refractivity contribution in [3.63, 3.8) is 0 Å². The van der Waals surface area contributed by atoms with Crippen LogP contribution in [-0.2, 0) is 10.1 Å². The molecule has 0 atom stereocenters. The Hall–Kier alpha value is -2.04. The molecule has 2 amide bonds. The van der Waals surface area contributed by atoms with E-state index in [1.54, 1.807) is 0 Å². The second-order valence-electron chi connectivity index (χ2n) is 3.01. The fourth-order valence-corrected chi connectivity index (χ4v) is 1.50. The summed E-state index contributed by atoms with van der Waals surface area (Å²) >= 11 is 0. The van der Waals surface area contributed by atoms with Crippen molar-refractivity contribution in [2.45, 2.75) is 4.90 Å². The van der Waals surface area contributed by atoms with Crippen molar-refractivity contribution < 1.29 is 17.8 Å². The second kappa shape index (κ2) is 5.34. The molecule has 0 fully saturated rings. The molecule has 0 unspecified atom stereocenters. The predicted molar refractivity (Wildman–Crippen MR) is 62.1 cm³/mol. The Kier molecular flexibility index (Phi) is 4.09. The lowest BCUT2D eigenvalue weighted by Crippen LogP contribution is -2.28. The predicted octanol–water partition coefficient (Wildman–Crippen LogP) is 0.688. The van der Waals surface area contributed by atoms with Gasteiger partial charge < -0.3 is 10.6 Å². The van der Waals surface area contributed by atoms with Gasteiger partial charge in [0.05, 0.1) is 11.4 Å². The minimum atomic E-state index is -4.22. The van der Waals surface area contributed by atoms with Crippen LogP contribution in [0.15, 0.2) is 29.2 Å². The third-order valence-electron chi connectivity index (χ3n) is 1.76. The van der Waals surface area contributed by atoms with Crippen LogP contribution in [0.1, 0.15) is 0 Å². The number of urea groups is 1. The SMILES string of the molecule is C#CCNC(=O)Nc1ccc(S(=O)(=O)O)cc1. The quantitative estimate of drug-likeness (QED) is 0.546. The maximum Gasteiger partial charge on any atom is 0.319 e. The Balaban J connectivity index is 2.70. The van der Waals surface area contributed by atoms with E-state index in [-0.39, 0.29) is 11.4 Å². The van der Waals surface area contributed by atoms with Crippen LogP contribution >= 0.6 is 0 Å². The van der Waals surface area contributed by atoms with E-state index >= 15 is 0 Å². The van der Waals surface area contributed by atoms with Crippen LogP contribution in [-0.4, -0.2) is 25.5 Å². The molecule has 0 heterocycles. The van der Waals surface area contributed by atoms with Crippen molar-refractivity contribution >= 4 is 21.8 Å². The van der Waals surface area contributed by atoms with E-state index in [0.29, 0.717) is 5.69 Å². The van der Waals surface area contributed by atoms with Crippen LogP contribution < -0.4 is 10.6 Å². The summed E-state index contributed by atoms with van der Waals surface area (Å²) in [6.07, 6.45) is 4.95. The topological polar surface area (TPSA) is 95.5 Å². The summed E-state index contributed by atoms with van der Waals surface area (Å²) in [4.78, 5) is 10.9. The van der Waals surface area contributed by atoms with Gasteiger partial charge in [0.15, 0.2) is 0 Å². The fraction of sp³-hybridized carbons (Fsp3) is 0.100. The summed E-state index contributed by atoms with van der Waals surface area (Å²) in [6.45, 7) is 0.0922. The molecule has 17 heavy (non-hydrogen) atoms. The maximum atomic E-state index is 11.2. The highest BCUT2D eigenvalue weighted by Crippen LogP contribution is 2.13. The molecule has 1 aromatic carbocycles. The standard InChI is InChI=1S/C10H10N2O4S/c1-2-7-11-10(13)12-8-3-5-9(6-4-8)17(14,15)16/h1,3-6H,7H2,(H2,11,12,13)(H,14,15,16). The van der Waals surface area contributed by atoms with Crippen molar-refractivity contribution in [3.8, 4) is 12.3 Å². The van der Waals surface area contributed by atoms with E-state index in [1.807, 2.05) is 0 Å². The van der Waals surface area contributed by atoms with Gasteiger partial charge in [0.2, 0.25) is 0 Å². The maximum absolute atomic E-state index is 11.2. The zero-order valence-electron chi connectivity index (χ0n) is 8.67. The molecule has 0 aliphatic carbocycles. The third-order valence-corrected chi connectivity index (χ3v) is 2.63. The summed E-state index contributed by atoms with van der Waals surface area (Å²) in [6, 6.07) is 4.54. The van der Waals surface area contributed by atoms with E-state index in [9.17, 15) is 13.2 Å². The van der Waals surface area contributed by atoms with Gasteiger partial charge in [0, 0.05) is 5.69 Å². The zero-order chi connectivity index (χ0) is 12.9. The monoisotopic (exact) mass is 254 g/mol. The van der Waals surface area contributed by atoms with Crippen LogP contribution in [0.4, 0.5) is 10.5 Å². The van der Waals surface area contributed by atoms with Gasteiger partial charge in [-0.2, -0.15) is 8.42 Å². The Morgan fingerprint density at radius 3 is 2.41 bits per heavy atom. The smallest absolute Gasteiger partial charge is 0.319 e. The minimum absolute atomic E-state index is 0.0922. The van der Waals surface area contributed by atoms with E-state index in [1.165, 1.54) is 24.3 Å². The fourth-order valence-electron chi connectivity index (χ4n) is 1.02. The first-order chi connectivity index (χ1) is 7.93.